The van der Waals surface area contributed by atoms with Gasteiger partial charge in [-0.25, -0.2) is 9.59 Å². The van der Waals surface area contributed by atoms with E-state index >= 15 is 0 Å². The first-order valence-electron chi connectivity index (χ1n) is 7.76. The third-order valence-corrected chi connectivity index (χ3v) is 3.45. The number of rotatable bonds is 6. The first kappa shape index (κ1) is 18.9. The van der Waals surface area contributed by atoms with Crippen LogP contribution in [-0.2, 0) is 11.3 Å². The SMILES string of the molecule is COC(=O)Nc1cccc(NC(=O)NCc2ccc(OC)c(OC)c2)c1. The zero-order chi connectivity index (χ0) is 18.9. The summed E-state index contributed by atoms with van der Waals surface area (Å²) >= 11 is 0. The lowest BCUT2D eigenvalue weighted by Crippen LogP contribution is -2.28. The van der Waals surface area contributed by atoms with E-state index in [-0.39, 0.29) is 6.03 Å². The van der Waals surface area contributed by atoms with E-state index in [1.54, 1.807) is 50.6 Å². The third-order valence-electron chi connectivity index (χ3n) is 3.45. The van der Waals surface area contributed by atoms with Gasteiger partial charge >= 0.3 is 12.1 Å². The zero-order valence-corrected chi connectivity index (χ0v) is 14.8. The molecule has 0 unspecified atom stereocenters. The molecule has 0 aliphatic rings. The number of carbonyl (C=O) groups excluding carboxylic acids is 2. The Balaban J connectivity index is 1.93. The molecule has 0 atom stereocenters. The number of methoxy groups -OCH3 is 3. The van der Waals surface area contributed by atoms with Crippen LogP contribution in [0.3, 0.4) is 0 Å². The van der Waals surface area contributed by atoms with Gasteiger partial charge in [0.25, 0.3) is 0 Å². The zero-order valence-electron chi connectivity index (χ0n) is 14.8. The van der Waals surface area contributed by atoms with Crippen molar-refractivity contribution in [1.29, 1.82) is 0 Å². The normalized spacial score (nSPS) is 9.81. The number of carbonyl (C=O) groups is 2. The van der Waals surface area contributed by atoms with Gasteiger partial charge < -0.3 is 24.8 Å². The Morgan fingerprint density at radius 2 is 1.58 bits per heavy atom. The highest BCUT2D eigenvalue weighted by Gasteiger charge is 2.07. The lowest BCUT2D eigenvalue weighted by Gasteiger charge is -2.11. The van der Waals surface area contributed by atoms with E-state index in [0.717, 1.165) is 5.56 Å². The number of ether oxygens (including phenoxy) is 3. The van der Waals surface area contributed by atoms with Gasteiger partial charge in [0.2, 0.25) is 0 Å². The van der Waals surface area contributed by atoms with E-state index in [4.69, 9.17) is 9.47 Å². The Morgan fingerprint density at radius 3 is 2.23 bits per heavy atom. The molecule has 0 spiro atoms. The fourth-order valence-corrected chi connectivity index (χ4v) is 2.19. The van der Waals surface area contributed by atoms with Crippen molar-refractivity contribution in [3.8, 4) is 11.5 Å². The van der Waals surface area contributed by atoms with Crippen molar-refractivity contribution in [1.82, 2.24) is 5.32 Å². The highest BCUT2D eigenvalue weighted by Crippen LogP contribution is 2.27. The fraction of sp³-hybridized carbons (Fsp3) is 0.222. The lowest BCUT2D eigenvalue weighted by molar-refractivity contribution is 0.187. The average molecular weight is 359 g/mol. The summed E-state index contributed by atoms with van der Waals surface area (Å²) in [6, 6.07) is 11.7. The van der Waals surface area contributed by atoms with Crippen LogP contribution in [0.4, 0.5) is 21.0 Å². The minimum Gasteiger partial charge on any atom is -0.493 e. The Bertz CT molecular complexity index is 779. The highest BCUT2D eigenvalue weighted by molar-refractivity contribution is 5.91. The highest BCUT2D eigenvalue weighted by atomic mass is 16.5. The van der Waals surface area contributed by atoms with E-state index in [9.17, 15) is 9.59 Å². The molecule has 0 saturated heterocycles. The molecule has 3 amide bonds. The van der Waals surface area contributed by atoms with Gasteiger partial charge in [0.15, 0.2) is 11.5 Å². The molecule has 138 valence electrons. The maximum absolute atomic E-state index is 12.1. The third kappa shape index (κ3) is 5.30. The van der Waals surface area contributed by atoms with Crippen LogP contribution in [0.25, 0.3) is 0 Å². The minimum absolute atomic E-state index is 0.312. The van der Waals surface area contributed by atoms with Crippen molar-refractivity contribution in [3.05, 3.63) is 48.0 Å². The second kappa shape index (κ2) is 9.16. The van der Waals surface area contributed by atoms with Gasteiger partial charge in [-0.05, 0) is 35.9 Å². The number of urea groups is 1. The number of nitrogens with one attached hydrogen (secondary N) is 3. The molecular formula is C18H21N3O5. The Labute approximate surface area is 151 Å². The van der Waals surface area contributed by atoms with Crippen LogP contribution >= 0.6 is 0 Å². The standard InChI is InChI=1S/C18H21N3O5/c1-24-15-8-7-12(9-16(15)25-2)11-19-17(22)20-13-5-4-6-14(10-13)21-18(23)26-3/h4-10H,11H2,1-3H3,(H,21,23)(H2,19,20,22). The molecule has 0 aliphatic carbocycles. The van der Waals surface area contributed by atoms with Gasteiger partial charge in [-0.15, -0.1) is 0 Å². The van der Waals surface area contributed by atoms with Crippen molar-refractivity contribution >= 4 is 23.5 Å². The van der Waals surface area contributed by atoms with E-state index in [2.05, 4.69) is 20.7 Å². The van der Waals surface area contributed by atoms with Crippen LogP contribution in [0.5, 0.6) is 11.5 Å². The van der Waals surface area contributed by atoms with Crippen molar-refractivity contribution in [2.75, 3.05) is 32.0 Å². The molecule has 8 heteroatoms. The van der Waals surface area contributed by atoms with E-state index < -0.39 is 6.09 Å². The maximum Gasteiger partial charge on any atom is 0.411 e. The molecule has 2 aromatic carbocycles. The molecule has 0 fully saturated rings. The van der Waals surface area contributed by atoms with Crippen LogP contribution in [0.1, 0.15) is 5.56 Å². The summed E-state index contributed by atoms with van der Waals surface area (Å²) in [5.74, 6) is 1.21. The maximum atomic E-state index is 12.1. The molecule has 2 rings (SSSR count). The van der Waals surface area contributed by atoms with Crippen molar-refractivity contribution in [2.45, 2.75) is 6.54 Å². The van der Waals surface area contributed by atoms with Gasteiger partial charge in [0.1, 0.15) is 0 Å². The number of anilines is 2. The topological polar surface area (TPSA) is 97.9 Å². The molecule has 0 aliphatic heterocycles. The van der Waals surface area contributed by atoms with Gasteiger partial charge in [0.05, 0.1) is 21.3 Å². The lowest BCUT2D eigenvalue weighted by atomic mass is 10.2. The molecule has 2 aromatic rings. The average Bonchev–Trinajstić information content (AvgIpc) is 2.66. The summed E-state index contributed by atoms with van der Waals surface area (Å²) in [4.78, 5) is 23.3. The van der Waals surface area contributed by atoms with Gasteiger partial charge in [-0.2, -0.15) is 0 Å². The van der Waals surface area contributed by atoms with Gasteiger partial charge in [-0.1, -0.05) is 12.1 Å². The van der Waals surface area contributed by atoms with Crippen molar-refractivity contribution in [2.24, 2.45) is 0 Å². The predicted molar refractivity (Wildman–Crippen MR) is 97.9 cm³/mol. The first-order chi connectivity index (χ1) is 12.5. The second-order valence-corrected chi connectivity index (χ2v) is 5.19. The summed E-state index contributed by atoms with van der Waals surface area (Å²) in [6.45, 7) is 0.312. The van der Waals surface area contributed by atoms with Crippen LogP contribution in [-0.4, -0.2) is 33.5 Å². The summed E-state index contributed by atoms with van der Waals surface area (Å²) < 4.78 is 14.9. The number of amides is 3. The van der Waals surface area contributed by atoms with Crippen LogP contribution in [0.15, 0.2) is 42.5 Å². The van der Waals surface area contributed by atoms with Crippen LogP contribution < -0.4 is 25.4 Å². The smallest absolute Gasteiger partial charge is 0.411 e. The Morgan fingerprint density at radius 1 is 0.885 bits per heavy atom. The summed E-state index contributed by atoms with van der Waals surface area (Å²) in [5.41, 5.74) is 1.90. The molecule has 0 heterocycles. The van der Waals surface area contributed by atoms with E-state index in [1.165, 1.54) is 7.11 Å². The first-order valence-corrected chi connectivity index (χ1v) is 7.76. The molecular weight excluding hydrogens is 338 g/mol. The van der Waals surface area contributed by atoms with Crippen LogP contribution in [0.2, 0.25) is 0 Å². The minimum atomic E-state index is -0.583. The number of hydrogen-bond donors (Lipinski definition) is 3. The van der Waals surface area contributed by atoms with E-state index in [0.29, 0.717) is 29.4 Å². The number of hydrogen-bond acceptors (Lipinski definition) is 5. The molecule has 3 N–H and O–H groups in total. The van der Waals surface area contributed by atoms with Crippen LogP contribution in [0, 0.1) is 0 Å². The number of benzene rings is 2. The Kier molecular flexibility index (Phi) is 6.67. The monoisotopic (exact) mass is 359 g/mol. The summed E-state index contributed by atoms with van der Waals surface area (Å²) in [6.07, 6.45) is -0.583. The molecule has 0 saturated carbocycles. The summed E-state index contributed by atoms with van der Waals surface area (Å²) in [5, 5.41) is 7.97. The molecule has 0 bridgehead atoms. The molecule has 0 radical (unpaired) electrons. The van der Waals surface area contributed by atoms with E-state index in [1.807, 2.05) is 6.07 Å². The quantitative estimate of drug-likeness (QED) is 0.736. The molecule has 26 heavy (non-hydrogen) atoms. The summed E-state index contributed by atoms with van der Waals surface area (Å²) in [7, 11) is 4.39. The molecule has 0 aromatic heterocycles. The van der Waals surface area contributed by atoms with Gasteiger partial charge in [-0.3, -0.25) is 5.32 Å². The van der Waals surface area contributed by atoms with Crippen molar-refractivity contribution < 1.29 is 23.8 Å². The Hall–Kier alpha value is -3.42. The fourth-order valence-electron chi connectivity index (χ4n) is 2.19. The predicted octanol–water partition coefficient (Wildman–Crippen LogP) is 3.20. The van der Waals surface area contributed by atoms with Gasteiger partial charge in [0, 0.05) is 17.9 Å². The second-order valence-electron chi connectivity index (χ2n) is 5.19. The molecule has 8 nitrogen and oxygen atoms in total. The largest absolute Gasteiger partial charge is 0.493 e. The van der Waals surface area contributed by atoms with Crippen molar-refractivity contribution in [3.63, 3.8) is 0 Å².